The fraction of sp³-hybridized carbons (Fsp3) is 0.529. The topological polar surface area (TPSA) is 54.4 Å². The standard InChI is InChI=1S/C17H20O3/c18-10-13-7-6-12-8-14(19)9-15(20)17(12)16(13)11-4-2-1-3-5-11/h1-5,10,12-13,15-17,20H,6-9H2/t12-,13-,15-,16-,17+/m0/s1. The van der Waals surface area contributed by atoms with Crippen LogP contribution in [0.5, 0.6) is 0 Å². The van der Waals surface area contributed by atoms with Crippen LogP contribution in [0.2, 0.25) is 0 Å². The molecule has 0 bridgehead atoms. The lowest BCUT2D eigenvalue weighted by atomic mass is 9.59. The van der Waals surface area contributed by atoms with Crippen molar-refractivity contribution in [2.24, 2.45) is 17.8 Å². The highest BCUT2D eigenvalue weighted by molar-refractivity contribution is 5.80. The Kier molecular flexibility index (Phi) is 3.70. The maximum absolute atomic E-state index is 11.7. The van der Waals surface area contributed by atoms with Crippen LogP contribution in [0.4, 0.5) is 0 Å². The van der Waals surface area contributed by atoms with E-state index in [1.165, 1.54) is 0 Å². The molecule has 0 heterocycles. The number of Topliss-reactive ketones (excluding diaryl/α,β-unsaturated/α-hetero) is 1. The monoisotopic (exact) mass is 272 g/mol. The Morgan fingerprint density at radius 3 is 2.55 bits per heavy atom. The molecule has 0 aromatic heterocycles. The van der Waals surface area contributed by atoms with E-state index in [4.69, 9.17) is 0 Å². The zero-order valence-corrected chi connectivity index (χ0v) is 11.4. The molecule has 3 nitrogen and oxygen atoms in total. The predicted molar refractivity (Wildman–Crippen MR) is 75.2 cm³/mol. The molecule has 106 valence electrons. The highest BCUT2D eigenvalue weighted by Gasteiger charge is 2.46. The normalized spacial score (nSPS) is 37.2. The molecule has 1 aromatic rings. The minimum atomic E-state index is -0.603. The number of ketones is 1. The summed E-state index contributed by atoms with van der Waals surface area (Å²) in [5.74, 6) is 0.443. The van der Waals surface area contributed by atoms with Gasteiger partial charge in [-0.2, -0.15) is 0 Å². The van der Waals surface area contributed by atoms with E-state index in [1.807, 2.05) is 30.3 Å². The first-order valence-electron chi connectivity index (χ1n) is 7.40. The third-order valence-corrected chi connectivity index (χ3v) is 5.02. The van der Waals surface area contributed by atoms with Crippen molar-refractivity contribution in [3.05, 3.63) is 35.9 Å². The molecular weight excluding hydrogens is 252 g/mol. The Balaban J connectivity index is 1.97. The van der Waals surface area contributed by atoms with Gasteiger partial charge in [-0.05, 0) is 36.2 Å². The van der Waals surface area contributed by atoms with Crippen LogP contribution in [-0.2, 0) is 9.59 Å². The average molecular weight is 272 g/mol. The summed E-state index contributed by atoms with van der Waals surface area (Å²) in [5.41, 5.74) is 1.12. The molecule has 0 radical (unpaired) electrons. The first-order valence-corrected chi connectivity index (χ1v) is 7.40. The van der Waals surface area contributed by atoms with E-state index in [0.717, 1.165) is 24.7 Å². The van der Waals surface area contributed by atoms with Gasteiger partial charge in [0.2, 0.25) is 0 Å². The van der Waals surface area contributed by atoms with Gasteiger partial charge < -0.3 is 9.90 Å². The Labute approximate surface area is 119 Å². The van der Waals surface area contributed by atoms with Gasteiger partial charge in [-0.25, -0.2) is 0 Å². The second-order valence-electron chi connectivity index (χ2n) is 6.17. The number of carbonyl (C=O) groups is 2. The van der Waals surface area contributed by atoms with Crippen molar-refractivity contribution in [2.75, 3.05) is 0 Å². The number of aldehydes is 1. The Hall–Kier alpha value is -1.48. The first kappa shape index (κ1) is 13.5. The summed E-state index contributed by atoms with van der Waals surface area (Å²) in [7, 11) is 0. The van der Waals surface area contributed by atoms with Gasteiger partial charge >= 0.3 is 0 Å². The maximum Gasteiger partial charge on any atom is 0.135 e. The van der Waals surface area contributed by atoms with Gasteiger partial charge in [0, 0.05) is 18.8 Å². The minimum Gasteiger partial charge on any atom is -0.392 e. The number of hydrogen-bond donors (Lipinski definition) is 1. The average Bonchev–Trinajstić information content (AvgIpc) is 2.46. The van der Waals surface area contributed by atoms with Crippen LogP contribution in [0.15, 0.2) is 30.3 Å². The van der Waals surface area contributed by atoms with Crippen LogP contribution < -0.4 is 0 Å². The largest absolute Gasteiger partial charge is 0.392 e. The fourth-order valence-electron chi connectivity index (χ4n) is 4.19. The maximum atomic E-state index is 11.7. The second-order valence-corrected chi connectivity index (χ2v) is 6.17. The van der Waals surface area contributed by atoms with Crippen molar-refractivity contribution in [1.82, 2.24) is 0 Å². The summed E-state index contributed by atoms with van der Waals surface area (Å²) in [6, 6.07) is 9.97. The highest BCUT2D eigenvalue weighted by atomic mass is 16.3. The van der Waals surface area contributed by atoms with Crippen LogP contribution in [0.25, 0.3) is 0 Å². The van der Waals surface area contributed by atoms with Crippen LogP contribution in [-0.4, -0.2) is 23.3 Å². The summed E-state index contributed by atoms with van der Waals surface area (Å²) < 4.78 is 0. The van der Waals surface area contributed by atoms with Gasteiger partial charge in [-0.15, -0.1) is 0 Å². The molecule has 0 amide bonds. The van der Waals surface area contributed by atoms with E-state index in [0.29, 0.717) is 6.42 Å². The zero-order valence-electron chi connectivity index (χ0n) is 11.4. The molecule has 0 spiro atoms. The third-order valence-electron chi connectivity index (χ3n) is 5.02. The number of benzene rings is 1. The molecule has 0 saturated heterocycles. The zero-order chi connectivity index (χ0) is 14.1. The number of aliphatic hydroxyl groups excluding tert-OH is 1. The lowest BCUT2D eigenvalue weighted by Gasteiger charge is -2.46. The molecule has 2 aliphatic carbocycles. The summed E-state index contributed by atoms with van der Waals surface area (Å²) >= 11 is 0. The van der Waals surface area contributed by atoms with Gasteiger partial charge in [0.15, 0.2) is 0 Å². The molecule has 0 unspecified atom stereocenters. The van der Waals surface area contributed by atoms with E-state index in [2.05, 4.69) is 0 Å². The molecule has 3 heteroatoms. The van der Waals surface area contributed by atoms with E-state index in [1.54, 1.807) is 0 Å². The molecule has 0 aliphatic heterocycles. The van der Waals surface area contributed by atoms with E-state index < -0.39 is 6.10 Å². The molecule has 2 aliphatic rings. The number of rotatable bonds is 2. The van der Waals surface area contributed by atoms with Gasteiger partial charge in [0.25, 0.3) is 0 Å². The third kappa shape index (κ3) is 2.31. The van der Waals surface area contributed by atoms with Crippen molar-refractivity contribution in [1.29, 1.82) is 0 Å². The second kappa shape index (κ2) is 5.49. The fourth-order valence-corrected chi connectivity index (χ4v) is 4.19. The Bertz CT molecular complexity index is 496. The summed E-state index contributed by atoms with van der Waals surface area (Å²) in [6.45, 7) is 0. The van der Waals surface area contributed by atoms with Crippen molar-refractivity contribution in [3.63, 3.8) is 0 Å². The highest BCUT2D eigenvalue weighted by Crippen LogP contribution is 2.49. The summed E-state index contributed by atoms with van der Waals surface area (Å²) in [6.07, 6.45) is 2.95. The number of carbonyl (C=O) groups excluding carboxylic acids is 2. The van der Waals surface area contributed by atoms with Crippen LogP contribution in [0.1, 0.15) is 37.2 Å². The Morgan fingerprint density at radius 1 is 1.10 bits per heavy atom. The number of hydrogen-bond acceptors (Lipinski definition) is 3. The molecule has 2 saturated carbocycles. The molecule has 1 aromatic carbocycles. The first-order chi connectivity index (χ1) is 9.70. The molecule has 2 fully saturated rings. The van der Waals surface area contributed by atoms with Crippen molar-refractivity contribution < 1.29 is 14.7 Å². The molecule has 20 heavy (non-hydrogen) atoms. The minimum absolute atomic E-state index is 0.0403. The smallest absolute Gasteiger partial charge is 0.135 e. The van der Waals surface area contributed by atoms with Gasteiger partial charge in [0.1, 0.15) is 12.1 Å². The van der Waals surface area contributed by atoms with Gasteiger partial charge in [-0.3, -0.25) is 4.79 Å². The molecule has 1 N–H and O–H groups in total. The molecule has 3 rings (SSSR count). The van der Waals surface area contributed by atoms with Gasteiger partial charge in [0.05, 0.1) is 6.10 Å². The van der Waals surface area contributed by atoms with E-state index >= 15 is 0 Å². The quantitative estimate of drug-likeness (QED) is 0.841. The van der Waals surface area contributed by atoms with Crippen LogP contribution in [0, 0.1) is 17.8 Å². The molecule has 5 atom stereocenters. The lowest BCUT2D eigenvalue weighted by Crippen LogP contribution is -2.45. The summed E-state index contributed by atoms with van der Waals surface area (Å²) in [4.78, 5) is 23.1. The predicted octanol–water partition coefficient (Wildman–Crippen LogP) is 2.34. The SMILES string of the molecule is O=C[C@@H]1CC[C@H]2CC(=O)C[C@H](O)[C@@H]2[C@H]1c1ccccc1. The van der Waals surface area contributed by atoms with Crippen LogP contribution in [0.3, 0.4) is 0 Å². The van der Waals surface area contributed by atoms with Crippen molar-refractivity contribution >= 4 is 12.1 Å². The summed E-state index contributed by atoms with van der Waals surface area (Å²) in [5, 5.41) is 10.4. The van der Waals surface area contributed by atoms with E-state index in [-0.39, 0.29) is 35.9 Å². The number of fused-ring (bicyclic) bond motifs is 1. The lowest BCUT2D eigenvalue weighted by molar-refractivity contribution is -0.131. The molecular formula is C17H20O3. The van der Waals surface area contributed by atoms with E-state index in [9.17, 15) is 14.7 Å². The van der Waals surface area contributed by atoms with Crippen molar-refractivity contribution in [3.8, 4) is 0 Å². The van der Waals surface area contributed by atoms with Crippen molar-refractivity contribution in [2.45, 2.75) is 37.7 Å². The number of aliphatic hydroxyl groups is 1. The van der Waals surface area contributed by atoms with Crippen LogP contribution >= 0.6 is 0 Å². The Morgan fingerprint density at radius 2 is 1.85 bits per heavy atom. The van der Waals surface area contributed by atoms with Gasteiger partial charge in [-0.1, -0.05) is 30.3 Å².